The number of thiophene rings is 1. The summed E-state index contributed by atoms with van der Waals surface area (Å²) in [6.45, 7) is 2.21. The molecular weight excluding hydrogens is 252 g/mol. The number of Topliss-reactive ketones (excluding diaryl/α,β-unsaturated/α-hetero) is 1. The molecule has 0 aromatic carbocycles. The highest BCUT2D eigenvalue weighted by atomic mass is 32.2. The van der Waals surface area contributed by atoms with Crippen LogP contribution >= 0.6 is 11.3 Å². The van der Waals surface area contributed by atoms with Crippen molar-refractivity contribution in [3.63, 3.8) is 0 Å². The van der Waals surface area contributed by atoms with Gasteiger partial charge in [0.05, 0.1) is 10.6 Å². The molecule has 17 heavy (non-hydrogen) atoms. The van der Waals surface area contributed by atoms with Crippen LogP contribution in [0, 0.1) is 5.92 Å². The molecule has 1 heterocycles. The van der Waals surface area contributed by atoms with E-state index in [1.807, 2.05) is 17.5 Å². The van der Waals surface area contributed by atoms with E-state index in [1.54, 1.807) is 0 Å². The summed E-state index contributed by atoms with van der Waals surface area (Å²) in [5.74, 6) is 0.906. The molecule has 1 aliphatic rings. The summed E-state index contributed by atoms with van der Waals surface area (Å²) in [5, 5.41) is 2.13. The van der Waals surface area contributed by atoms with Crippen molar-refractivity contribution in [2.24, 2.45) is 5.92 Å². The molecular formula is C13H18O2S2. The van der Waals surface area contributed by atoms with Crippen molar-refractivity contribution < 1.29 is 9.00 Å². The Kier molecular flexibility index (Phi) is 4.51. The Morgan fingerprint density at radius 2 is 2.35 bits per heavy atom. The zero-order valence-corrected chi connectivity index (χ0v) is 11.7. The van der Waals surface area contributed by atoms with Gasteiger partial charge in [-0.1, -0.05) is 25.8 Å². The Bertz CT molecular complexity index is 398. The molecule has 0 saturated heterocycles. The summed E-state index contributed by atoms with van der Waals surface area (Å²) in [5.41, 5.74) is 0. The van der Waals surface area contributed by atoms with Gasteiger partial charge in [0.15, 0.2) is 5.78 Å². The Labute approximate surface area is 109 Å². The van der Waals surface area contributed by atoms with Crippen molar-refractivity contribution >= 4 is 27.9 Å². The van der Waals surface area contributed by atoms with Crippen molar-refractivity contribution in [2.45, 2.75) is 37.9 Å². The van der Waals surface area contributed by atoms with Crippen LogP contribution in [0.1, 0.15) is 42.3 Å². The maximum Gasteiger partial charge on any atom is 0.185 e. The molecule has 4 heteroatoms. The third kappa shape index (κ3) is 3.49. The van der Waals surface area contributed by atoms with Crippen molar-refractivity contribution in [2.75, 3.05) is 5.75 Å². The van der Waals surface area contributed by atoms with Crippen LogP contribution < -0.4 is 0 Å². The van der Waals surface area contributed by atoms with Crippen LogP contribution in [0.3, 0.4) is 0 Å². The Morgan fingerprint density at radius 1 is 1.53 bits per heavy atom. The van der Waals surface area contributed by atoms with Gasteiger partial charge in [-0.25, -0.2) is 0 Å². The zero-order valence-electron chi connectivity index (χ0n) is 10.1. The predicted molar refractivity (Wildman–Crippen MR) is 73.1 cm³/mol. The molecule has 1 aliphatic carbocycles. The van der Waals surface area contributed by atoms with E-state index >= 15 is 0 Å². The maximum atomic E-state index is 12.1. The van der Waals surface area contributed by atoms with Gasteiger partial charge in [0.25, 0.3) is 0 Å². The van der Waals surface area contributed by atoms with E-state index in [1.165, 1.54) is 17.8 Å². The minimum Gasteiger partial charge on any atom is -0.292 e. The largest absolute Gasteiger partial charge is 0.292 e. The summed E-state index contributed by atoms with van der Waals surface area (Å²) in [6, 6.07) is 3.68. The van der Waals surface area contributed by atoms with Crippen molar-refractivity contribution in [3.05, 3.63) is 22.4 Å². The number of rotatable bonds is 4. The molecule has 0 bridgehead atoms. The monoisotopic (exact) mass is 270 g/mol. The molecule has 0 N–H and O–H groups in total. The molecule has 1 aromatic rings. The van der Waals surface area contributed by atoms with Crippen LogP contribution in [0.15, 0.2) is 17.5 Å². The van der Waals surface area contributed by atoms with Gasteiger partial charge in [0.1, 0.15) is 0 Å². The van der Waals surface area contributed by atoms with E-state index < -0.39 is 10.8 Å². The Morgan fingerprint density at radius 3 is 3.00 bits per heavy atom. The first-order valence-electron chi connectivity index (χ1n) is 6.10. The number of hydrogen-bond donors (Lipinski definition) is 0. The normalized spacial score (nSPS) is 26.6. The molecule has 1 fully saturated rings. The lowest BCUT2D eigenvalue weighted by molar-refractivity contribution is 0.102. The van der Waals surface area contributed by atoms with E-state index in [0.717, 1.165) is 24.1 Å². The average molecular weight is 270 g/mol. The Balaban J connectivity index is 1.90. The predicted octanol–water partition coefficient (Wildman–Crippen LogP) is 3.26. The summed E-state index contributed by atoms with van der Waals surface area (Å²) >= 11 is 1.44. The van der Waals surface area contributed by atoms with Crippen LogP contribution in [-0.2, 0) is 10.8 Å². The van der Waals surface area contributed by atoms with Crippen molar-refractivity contribution in [1.29, 1.82) is 0 Å². The van der Waals surface area contributed by atoms with Gasteiger partial charge in [0, 0.05) is 16.0 Å². The molecule has 3 atom stereocenters. The molecule has 2 nitrogen and oxygen atoms in total. The third-order valence-electron chi connectivity index (χ3n) is 3.33. The van der Waals surface area contributed by atoms with Crippen LogP contribution in [0.25, 0.3) is 0 Å². The van der Waals surface area contributed by atoms with E-state index in [-0.39, 0.29) is 16.8 Å². The zero-order chi connectivity index (χ0) is 12.3. The van der Waals surface area contributed by atoms with Gasteiger partial charge in [-0.3, -0.25) is 9.00 Å². The number of carbonyl (C=O) groups excluding carboxylic acids is 1. The highest BCUT2D eigenvalue weighted by molar-refractivity contribution is 7.86. The first kappa shape index (κ1) is 13.0. The smallest absolute Gasteiger partial charge is 0.185 e. The standard InChI is InChI=1S/C13H18O2S2/c1-10-4-2-5-11(8-10)17(15)9-12(14)13-6-3-7-16-13/h3,6-7,10-11H,2,4-5,8-9H2,1H3. The lowest BCUT2D eigenvalue weighted by atomic mass is 9.91. The van der Waals surface area contributed by atoms with E-state index in [4.69, 9.17) is 0 Å². The second-order valence-electron chi connectivity index (χ2n) is 4.82. The highest BCUT2D eigenvalue weighted by Crippen LogP contribution is 2.27. The van der Waals surface area contributed by atoms with Gasteiger partial charge in [0.2, 0.25) is 0 Å². The lowest BCUT2D eigenvalue weighted by Gasteiger charge is -2.25. The first-order valence-corrected chi connectivity index (χ1v) is 8.37. The first-order chi connectivity index (χ1) is 8.16. The molecule has 94 valence electrons. The van der Waals surface area contributed by atoms with Crippen LogP contribution in [0.4, 0.5) is 0 Å². The highest BCUT2D eigenvalue weighted by Gasteiger charge is 2.25. The Hall–Kier alpha value is -0.480. The van der Waals surface area contributed by atoms with Gasteiger partial charge in [-0.05, 0) is 30.2 Å². The number of hydrogen-bond acceptors (Lipinski definition) is 3. The molecule has 1 aromatic heterocycles. The van der Waals surface area contributed by atoms with Crippen LogP contribution in [0.2, 0.25) is 0 Å². The second-order valence-corrected chi connectivity index (χ2v) is 7.48. The molecule has 2 rings (SSSR count). The number of ketones is 1. The quantitative estimate of drug-likeness (QED) is 0.787. The molecule has 0 spiro atoms. The fraction of sp³-hybridized carbons (Fsp3) is 0.615. The van der Waals surface area contributed by atoms with Gasteiger partial charge >= 0.3 is 0 Å². The fourth-order valence-electron chi connectivity index (χ4n) is 2.37. The van der Waals surface area contributed by atoms with Crippen LogP contribution in [-0.4, -0.2) is 21.0 Å². The van der Waals surface area contributed by atoms with E-state index in [0.29, 0.717) is 5.92 Å². The molecule has 0 radical (unpaired) electrons. The number of carbonyl (C=O) groups is 1. The van der Waals surface area contributed by atoms with Gasteiger partial charge < -0.3 is 0 Å². The maximum absolute atomic E-state index is 12.1. The minimum absolute atomic E-state index is 0.0385. The summed E-state index contributed by atoms with van der Waals surface area (Å²) in [4.78, 5) is 12.6. The molecule has 3 unspecified atom stereocenters. The molecule has 1 saturated carbocycles. The minimum atomic E-state index is -0.985. The summed E-state index contributed by atoms with van der Waals surface area (Å²) in [7, 11) is -0.985. The van der Waals surface area contributed by atoms with E-state index in [2.05, 4.69) is 6.92 Å². The van der Waals surface area contributed by atoms with Crippen molar-refractivity contribution in [1.82, 2.24) is 0 Å². The lowest BCUT2D eigenvalue weighted by Crippen LogP contribution is -2.27. The molecule has 0 amide bonds. The SMILES string of the molecule is CC1CCCC(S(=O)CC(=O)c2cccs2)C1. The molecule has 0 aliphatic heterocycles. The fourth-order valence-corrected chi connectivity index (χ4v) is 4.75. The summed E-state index contributed by atoms with van der Waals surface area (Å²) in [6.07, 6.45) is 4.44. The van der Waals surface area contributed by atoms with Gasteiger partial charge in [-0.15, -0.1) is 11.3 Å². The summed E-state index contributed by atoms with van der Waals surface area (Å²) < 4.78 is 12.1. The third-order valence-corrected chi connectivity index (χ3v) is 5.96. The van der Waals surface area contributed by atoms with Crippen LogP contribution in [0.5, 0.6) is 0 Å². The second kappa shape index (κ2) is 5.91. The average Bonchev–Trinajstić information content (AvgIpc) is 2.82. The topological polar surface area (TPSA) is 34.1 Å². The van der Waals surface area contributed by atoms with E-state index in [9.17, 15) is 9.00 Å². The van der Waals surface area contributed by atoms with Gasteiger partial charge in [-0.2, -0.15) is 0 Å². The van der Waals surface area contributed by atoms with Crippen molar-refractivity contribution in [3.8, 4) is 0 Å².